The third-order valence-electron chi connectivity index (χ3n) is 6.25. The molecule has 0 spiro atoms. The Bertz CT molecular complexity index is 1050. The molecule has 1 atom stereocenters. The number of nitrogens with one attached hydrogen (secondary N) is 3. The van der Waals surface area contributed by atoms with Gasteiger partial charge in [0.1, 0.15) is 17.8 Å². The third kappa shape index (κ3) is 3.84. The van der Waals surface area contributed by atoms with E-state index in [1.807, 2.05) is 12.3 Å². The van der Waals surface area contributed by atoms with Gasteiger partial charge >= 0.3 is 0 Å². The Hall–Kier alpha value is -3.09. The van der Waals surface area contributed by atoms with E-state index >= 15 is 0 Å². The fourth-order valence-electron chi connectivity index (χ4n) is 4.80. The van der Waals surface area contributed by atoms with Gasteiger partial charge in [-0.25, -0.2) is 9.97 Å². The Morgan fingerprint density at radius 1 is 1.17 bits per heavy atom. The van der Waals surface area contributed by atoms with Crippen molar-refractivity contribution in [2.75, 3.05) is 29.9 Å². The zero-order valence-electron chi connectivity index (χ0n) is 17.2. The minimum atomic E-state index is 0.0461. The number of aryl methyl sites for hydroxylation is 1. The number of hydrogen-bond acceptors (Lipinski definition) is 5. The van der Waals surface area contributed by atoms with E-state index in [9.17, 15) is 4.79 Å². The third-order valence-corrected chi connectivity index (χ3v) is 6.25. The van der Waals surface area contributed by atoms with Crippen molar-refractivity contribution in [2.45, 2.75) is 44.6 Å². The second-order valence-electron chi connectivity index (χ2n) is 8.29. The zero-order chi connectivity index (χ0) is 20.3. The molecule has 30 heavy (non-hydrogen) atoms. The summed E-state index contributed by atoms with van der Waals surface area (Å²) in [5.41, 5.74) is 4.78. The van der Waals surface area contributed by atoms with E-state index in [1.54, 1.807) is 6.33 Å². The number of aromatic nitrogens is 3. The van der Waals surface area contributed by atoms with Crippen LogP contribution >= 0.6 is 0 Å². The van der Waals surface area contributed by atoms with E-state index in [4.69, 9.17) is 0 Å². The Labute approximate surface area is 176 Å². The SMILES string of the molecule is O=C(CNc1cccc2c1CCCC2)NC1CCCN(c2ncnc3[nH]ccc23)C1. The summed E-state index contributed by atoms with van der Waals surface area (Å²) in [7, 11) is 0. The summed E-state index contributed by atoms with van der Waals surface area (Å²) in [5, 5.41) is 7.62. The van der Waals surface area contributed by atoms with Crippen molar-refractivity contribution in [3.05, 3.63) is 47.9 Å². The molecule has 0 bridgehead atoms. The molecule has 3 heterocycles. The number of aromatic amines is 1. The second-order valence-corrected chi connectivity index (χ2v) is 8.29. The molecule has 1 unspecified atom stereocenters. The summed E-state index contributed by atoms with van der Waals surface area (Å²) in [6.45, 7) is 2.02. The predicted molar refractivity (Wildman–Crippen MR) is 119 cm³/mol. The number of anilines is 2. The molecule has 2 aliphatic rings. The highest BCUT2D eigenvalue weighted by Crippen LogP contribution is 2.28. The molecule has 156 valence electrons. The number of carbonyl (C=O) groups excluding carboxylic acids is 1. The van der Waals surface area contributed by atoms with E-state index in [2.05, 4.69) is 48.7 Å². The number of nitrogens with zero attached hydrogens (tertiary/aromatic N) is 3. The van der Waals surface area contributed by atoms with Crippen molar-refractivity contribution >= 4 is 28.4 Å². The fraction of sp³-hybridized carbons (Fsp3) is 0.435. The van der Waals surface area contributed by atoms with Gasteiger partial charge in [-0.15, -0.1) is 0 Å². The average molecular weight is 405 g/mol. The van der Waals surface area contributed by atoms with Crippen molar-refractivity contribution in [3.63, 3.8) is 0 Å². The summed E-state index contributed by atoms with van der Waals surface area (Å²) < 4.78 is 0. The molecule has 7 heteroatoms. The number of hydrogen-bond donors (Lipinski definition) is 3. The van der Waals surface area contributed by atoms with Gasteiger partial charge in [-0.1, -0.05) is 12.1 Å². The molecule has 0 radical (unpaired) electrons. The maximum Gasteiger partial charge on any atom is 0.239 e. The van der Waals surface area contributed by atoms with Gasteiger partial charge in [0.15, 0.2) is 0 Å². The monoisotopic (exact) mass is 404 g/mol. The van der Waals surface area contributed by atoms with Gasteiger partial charge in [-0.2, -0.15) is 0 Å². The maximum absolute atomic E-state index is 12.6. The Morgan fingerprint density at radius 2 is 2.10 bits per heavy atom. The summed E-state index contributed by atoms with van der Waals surface area (Å²) in [4.78, 5) is 26.8. The molecule has 3 N–H and O–H groups in total. The lowest BCUT2D eigenvalue weighted by molar-refractivity contribution is -0.120. The van der Waals surface area contributed by atoms with E-state index in [0.29, 0.717) is 6.54 Å². The van der Waals surface area contributed by atoms with Gasteiger partial charge < -0.3 is 20.5 Å². The standard InChI is InChI=1S/C23H28N6O/c30-21(13-25-20-9-3-6-16-5-1-2-8-18(16)20)28-17-7-4-12-29(14-17)23-19-10-11-24-22(19)26-15-27-23/h3,6,9-11,15,17,25H,1-2,4-5,7-8,12-14H2,(H,28,30)(H,24,26,27). The Kier molecular flexibility index (Phi) is 5.26. The van der Waals surface area contributed by atoms with Crippen molar-refractivity contribution in [1.29, 1.82) is 0 Å². The van der Waals surface area contributed by atoms with Crippen LogP contribution in [0, 0.1) is 0 Å². The number of benzene rings is 1. The molecule has 3 aromatic rings. The number of H-pyrrole nitrogens is 1. The minimum absolute atomic E-state index is 0.0461. The smallest absolute Gasteiger partial charge is 0.239 e. The van der Waals surface area contributed by atoms with Crippen LogP contribution in [0.25, 0.3) is 11.0 Å². The summed E-state index contributed by atoms with van der Waals surface area (Å²) >= 11 is 0. The highest BCUT2D eigenvalue weighted by Gasteiger charge is 2.24. The van der Waals surface area contributed by atoms with Gasteiger partial charge in [0.05, 0.1) is 11.9 Å². The molecular formula is C23H28N6O. The van der Waals surface area contributed by atoms with Crippen LogP contribution in [0.4, 0.5) is 11.5 Å². The van der Waals surface area contributed by atoms with Crippen LogP contribution in [0.2, 0.25) is 0 Å². The lowest BCUT2D eigenvalue weighted by Gasteiger charge is -2.34. The van der Waals surface area contributed by atoms with E-state index in [-0.39, 0.29) is 11.9 Å². The molecular weight excluding hydrogens is 376 g/mol. The molecule has 1 aromatic carbocycles. The van der Waals surface area contributed by atoms with Crippen LogP contribution in [0.15, 0.2) is 36.8 Å². The van der Waals surface area contributed by atoms with E-state index in [0.717, 1.165) is 61.3 Å². The lowest BCUT2D eigenvalue weighted by Crippen LogP contribution is -2.49. The summed E-state index contributed by atoms with van der Waals surface area (Å²) in [6, 6.07) is 8.54. The lowest BCUT2D eigenvalue weighted by atomic mass is 9.90. The van der Waals surface area contributed by atoms with E-state index < -0.39 is 0 Å². The predicted octanol–water partition coefficient (Wildman–Crippen LogP) is 3.03. The second kappa shape index (κ2) is 8.34. The first kappa shape index (κ1) is 18.9. The quantitative estimate of drug-likeness (QED) is 0.609. The highest BCUT2D eigenvalue weighted by atomic mass is 16.2. The van der Waals surface area contributed by atoms with Gasteiger partial charge in [-0.05, 0) is 61.8 Å². The number of rotatable bonds is 5. The Balaban J connectivity index is 1.20. The van der Waals surface area contributed by atoms with Crippen molar-refractivity contribution in [2.24, 2.45) is 0 Å². The van der Waals surface area contributed by atoms with Crippen molar-refractivity contribution < 1.29 is 4.79 Å². The first-order chi connectivity index (χ1) is 14.8. The molecule has 1 amide bonds. The van der Waals surface area contributed by atoms with Crippen LogP contribution in [0.3, 0.4) is 0 Å². The zero-order valence-corrected chi connectivity index (χ0v) is 17.2. The normalized spacial score (nSPS) is 18.8. The number of fused-ring (bicyclic) bond motifs is 2. The van der Waals surface area contributed by atoms with Crippen LogP contribution in [0.1, 0.15) is 36.8 Å². The maximum atomic E-state index is 12.6. The number of amides is 1. The van der Waals surface area contributed by atoms with E-state index in [1.165, 1.54) is 24.0 Å². The molecule has 2 aromatic heterocycles. The molecule has 1 saturated heterocycles. The van der Waals surface area contributed by atoms with Crippen LogP contribution in [-0.2, 0) is 17.6 Å². The van der Waals surface area contributed by atoms with Gasteiger partial charge in [-0.3, -0.25) is 4.79 Å². The molecule has 1 aliphatic heterocycles. The van der Waals surface area contributed by atoms with Crippen LogP contribution < -0.4 is 15.5 Å². The van der Waals surface area contributed by atoms with Crippen molar-refractivity contribution in [1.82, 2.24) is 20.3 Å². The summed E-state index contributed by atoms with van der Waals surface area (Å²) in [5.74, 6) is 0.985. The molecule has 1 aliphatic carbocycles. The first-order valence-corrected chi connectivity index (χ1v) is 10.9. The Morgan fingerprint density at radius 3 is 3.07 bits per heavy atom. The van der Waals surface area contributed by atoms with Gasteiger partial charge in [0.25, 0.3) is 0 Å². The molecule has 1 fully saturated rings. The van der Waals surface area contributed by atoms with Gasteiger partial charge in [0.2, 0.25) is 5.91 Å². The summed E-state index contributed by atoms with van der Waals surface area (Å²) in [6.07, 6.45) is 10.2. The van der Waals surface area contributed by atoms with Crippen LogP contribution in [0.5, 0.6) is 0 Å². The van der Waals surface area contributed by atoms with Crippen LogP contribution in [-0.4, -0.2) is 46.5 Å². The van der Waals surface area contributed by atoms with Gasteiger partial charge in [0, 0.05) is 31.0 Å². The topological polar surface area (TPSA) is 85.9 Å². The number of piperidine rings is 1. The molecule has 7 nitrogen and oxygen atoms in total. The molecule has 0 saturated carbocycles. The number of carbonyl (C=O) groups is 1. The largest absolute Gasteiger partial charge is 0.376 e. The highest BCUT2D eigenvalue weighted by molar-refractivity contribution is 5.87. The van der Waals surface area contributed by atoms with Crippen molar-refractivity contribution in [3.8, 4) is 0 Å². The molecule has 5 rings (SSSR count). The fourth-order valence-corrected chi connectivity index (χ4v) is 4.80. The first-order valence-electron chi connectivity index (χ1n) is 10.9. The average Bonchev–Trinajstić information content (AvgIpc) is 3.27. The minimum Gasteiger partial charge on any atom is -0.376 e.